The van der Waals surface area contributed by atoms with Gasteiger partial charge in [0.15, 0.2) is 5.96 Å². The van der Waals surface area contributed by atoms with Gasteiger partial charge >= 0.3 is 0 Å². The fourth-order valence-corrected chi connectivity index (χ4v) is 2.19. The second kappa shape index (κ2) is 12.5. The Morgan fingerprint density at radius 2 is 2.00 bits per heavy atom. The predicted octanol–water partition coefficient (Wildman–Crippen LogP) is 3.49. The van der Waals surface area contributed by atoms with E-state index in [1.165, 1.54) is 25.3 Å². The van der Waals surface area contributed by atoms with Crippen LogP contribution in [0, 0.1) is 5.82 Å². The van der Waals surface area contributed by atoms with Crippen LogP contribution in [0.5, 0.6) is 0 Å². The van der Waals surface area contributed by atoms with Gasteiger partial charge in [0.1, 0.15) is 5.82 Å². The summed E-state index contributed by atoms with van der Waals surface area (Å²) in [6.07, 6.45) is 4.79. The van der Waals surface area contributed by atoms with Crippen molar-refractivity contribution >= 4 is 29.9 Å². The summed E-state index contributed by atoms with van der Waals surface area (Å²) in [5, 5.41) is 3.12. The lowest BCUT2D eigenvalue weighted by Crippen LogP contribution is -2.32. The number of hydrogen-bond donors (Lipinski definition) is 2. The van der Waals surface area contributed by atoms with Crippen LogP contribution in [0.3, 0.4) is 0 Å². The van der Waals surface area contributed by atoms with E-state index in [-0.39, 0.29) is 29.8 Å². The van der Waals surface area contributed by atoms with E-state index < -0.39 is 0 Å². The quantitative estimate of drug-likeness (QED) is 0.270. The second-order valence-electron chi connectivity index (χ2n) is 5.85. The topological polar surface area (TPSA) is 53.6 Å². The van der Waals surface area contributed by atoms with E-state index in [1.54, 1.807) is 6.07 Å². The lowest BCUT2D eigenvalue weighted by atomic mass is 10.1. The number of aliphatic imine (C=N–C) groups is 1. The van der Waals surface area contributed by atoms with Crippen LogP contribution < -0.4 is 11.1 Å². The number of guanidine groups is 1. The Morgan fingerprint density at radius 1 is 1.26 bits per heavy atom. The largest absolute Gasteiger partial charge is 0.370 e. The van der Waals surface area contributed by atoms with Gasteiger partial charge < -0.3 is 16.0 Å². The molecule has 0 saturated carbocycles. The van der Waals surface area contributed by atoms with Crippen LogP contribution in [0.2, 0.25) is 0 Å². The average molecular weight is 436 g/mol. The lowest BCUT2D eigenvalue weighted by Gasteiger charge is -2.11. The average Bonchev–Trinajstić information content (AvgIpc) is 2.47. The third-order valence-corrected chi connectivity index (χ3v) is 3.37. The van der Waals surface area contributed by atoms with Crippen LogP contribution in [0.25, 0.3) is 0 Å². The van der Waals surface area contributed by atoms with E-state index in [4.69, 9.17) is 5.73 Å². The standard InChI is InChI=1S/C17H29FN4.HI/c1-4-5-6-7-10-20-17(19)21-12-14-8-9-16(18)15(11-14)13-22(2)3;/h8-9,11H,4-7,10,12-13H2,1-3H3,(H3,19,20,21);1H. The van der Waals surface area contributed by atoms with Crippen molar-refractivity contribution in [3.63, 3.8) is 0 Å². The summed E-state index contributed by atoms with van der Waals surface area (Å²) in [5.74, 6) is 0.276. The van der Waals surface area contributed by atoms with Crippen LogP contribution in [-0.2, 0) is 13.1 Å². The Kier molecular flexibility index (Phi) is 12.0. The molecule has 0 spiro atoms. The second-order valence-corrected chi connectivity index (χ2v) is 5.85. The van der Waals surface area contributed by atoms with E-state index in [0.717, 1.165) is 18.5 Å². The van der Waals surface area contributed by atoms with Gasteiger partial charge in [-0.3, -0.25) is 0 Å². The summed E-state index contributed by atoms with van der Waals surface area (Å²) < 4.78 is 13.7. The molecule has 0 fully saturated rings. The van der Waals surface area contributed by atoms with Crippen LogP contribution >= 0.6 is 24.0 Å². The first-order valence-electron chi connectivity index (χ1n) is 7.98. The van der Waals surface area contributed by atoms with Gasteiger partial charge in [-0.15, -0.1) is 24.0 Å². The number of hydrogen-bond acceptors (Lipinski definition) is 2. The number of rotatable bonds is 9. The van der Waals surface area contributed by atoms with E-state index in [2.05, 4.69) is 17.2 Å². The third-order valence-electron chi connectivity index (χ3n) is 3.37. The maximum absolute atomic E-state index is 13.7. The molecule has 0 saturated heterocycles. The summed E-state index contributed by atoms with van der Waals surface area (Å²) in [6, 6.07) is 5.11. The first kappa shape index (κ1) is 22.1. The van der Waals surface area contributed by atoms with E-state index >= 15 is 0 Å². The van der Waals surface area contributed by atoms with Gasteiger partial charge in [0.2, 0.25) is 0 Å². The van der Waals surface area contributed by atoms with Crippen molar-refractivity contribution in [3.05, 3.63) is 35.1 Å². The Hall–Kier alpha value is -0.890. The van der Waals surface area contributed by atoms with E-state index in [0.29, 0.717) is 24.6 Å². The molecule has 0 radical (unpaired) electrons. The van der Waals surface area contributed by atoms with Crippen LogP contribution in [0.4, 0.5) is 4.39 Å². The molecule has 3 N–H and O–H groups in total. The fraction of sp³-hybridized carbons (Fsp3) is 0.588. The molecule has 6 heteroatoms. The Morgan fingerprint density at radius 3 is 2.65 bits per heavy atom. The fourth-order valence-electron chi connectivity index (χ4n) is 2.19. The summed E-state index contributed by atoms with van der Waals surface area (Å²) in [7, 11) is 3.84. The van der Waals surface area contributed by atoms with Crippen LogP contribution in [0.15, 0.2) is 23.2 Å². The van der Waals surface area contributed by atoms with Crippen LogP contribution in [-0.4, -0.2) is 31.5 Å². The van der Waals surface area contributed by atoms with E-state index in [1.807, 2.05) is 25.1 Å². The molecular weight excluding hydrogens is 406 g/mol. The number of nitrogens with two attached hydrogens (primary N) is 1. The lowest BCUT2D eigenvalue weighted by molar-refractivity contribution is 0.392. The van der Waals surface area contributed by atoms with Gasteiger partial charge in [0.25, 0.3) is 0 Å². The molecule has 0 heterocycles. The minimum atomic E-state index is -0.177. The summed E-state index contributed by atoms with van der Waals surface area (Å²) >= 11 is 0. The summed E-state index contributed by atoms with van der Waals surface area (Å²) in [4.78, 5) is 6.25. The zero-order chi connectivity index (χ0) is 16.4. The Balaban J connectivity index is 0.00000484. The van der Waals surface area contributed by atoms with Gasteiger partial charge in [0, 0.05) is 18.7 Å². The number of benzene rings is 1. The first-order valence-corrected chi connectivity index (χ1v) is 7.98. The molecule has 1 aromatic rings. The van der Waals surface area contributed by atoms with Crippen molar-refractivity contribution in [3.8, 4) is 0 Å². The van der Waals surface area contributed by atoms with Gasteiger partial charge in [-0.25, -0.2) is 9.38 Å². The minimum absolute atomic E-state index is 0. The Labute approximate surface area is 156 Å². The van der Waals surface area contributed by atoms with Gasteiger partial charge in [-0.05, 0) is 38.2 Å². The molecule has 0 aliphatic rings. The Bertz CT molecular complexity index is 478. The SMILES string of the molecule is CCCCCCNC(N)=NCc1ccc(F)c(CN(C)C)c1.I. The summed E-state index contributed by atoms with van der Waals surface area (Å²) in [5.41, 5.74) is 7.49. The van der Waals surface area contributed by atoms with Crippen molar-refractivity contribution in [2.75, 3.05) is 20.6 Å². The third kappa shape index (κ3) is 9.76. The molecule has 0 atom stereocenters. The van der Waals surface area contributed by atoms with Crippen molar-refractivity contribution in [2.45, 2.75) is 45.7 Å². The molecule has 4 nitrogen and oxygen atoms in total. The van der Waals surface area contributed by atoms with Gasteiger partial charge in [-0.2, -0.15) is 0 Å². The van der Waals surface area contributed by atoms with Crippen molar-refractivity contribution < 1.29 is 4.39 Å². The predicted molar refractivity (Wildman–Crippen MR) is 107 cm³/mol. The zero-order valence-corrected chi connectivity index (χ0v) is 16.8. The minimum Gasteiger partial charge on any atom is -0.370 e. The highest BCUT2D eigenvalue weighted by atomic mass is 127. The van der Waals surface area contributed by atoms with Gasteiger partial charge in [-0.1, -0.05) is 32.3 Å². The highest BCUT2D eigenvalue weighted by Crippen LogP contribution is 2.13. The van der Waals surface area contributed by atoms with Crippen molar-refractivity contribution in [2.24, 2.45) is 10.7 Å². The highest BCUT2D eigenvalue weighted by Gasteiger charge is 2.05. The molecular formula is C17H30FIN4. The van der Waals surface area contributed by atoms with Crippen molar-refractivity contribution in [1.29, 1.82) is 0 Å². The zero-order valence-electron chi connectivity index (χ0n) is 14.4. The molecule has 132 valence electrons. The van der Waals surface area contributed by atoms with E-state index in [9.17, 15) is 4.39 Å². The molecule has 1 aromatic carbocycles. The van der Waals surface area contributed by atoms with Crippen LogP contribution in [0.1, 0.15) is 43.7 Å². The first-order chi connectivity index (χ1) is 10.5. The maximum Gasteiger partial charge on any atom is 0.188 e. The van der Waals surface area contributed by atoms with Crippen molar-refractivity contribution in [1.82, 2.24) is 10.2 Å². The molecule has 0 aliphatic heterocycles. The van der Waals surface area contributed by atoms with Gasteiger partial charge in [0.05, 0.1) is 6.54 Å². The number of unbranched alkanes of at least 4 members (excludes halogenated alkanes) is 3. The highest BCUT2D eigenvalue weighted by molar-refractivity contribution is 14.0. The normalized spacial score (nSPS) is 11.4. The molecule has 0 amide bonds. The molecule has 0 aliphatic carbocycles. The summed E-state index contributed by atoms with van der Waals surface area (Å²) in [6.45, 7) is 4.09. The monoisotopic (exact) mass is 436 g/mol. The molecule has 1 rings (SSSR count). The number of nitrogens with one attached hydrogen (secondary N) is 1. The molecule has 0 aromatic heterocycles. The number of nitrogens with zero attached hydrogens (tertiary/aromatic N) is 2. The number of halogens is 2. The smallest absolute Gasteiger partial charge is 0.188 e. The maximum atomic E-state index is 13.7. The molecule has 0 unspecified atom stereocenters. The molecule has 0 bridgehead atoms. The molecule has 23 heavy (non-hydrogen) atoms.